The van der Waals surface area contributed by atoms with Gasteiger partial charge in [-0.25, -0.2) is 0 Å². The average molecular weight is 194 g/mol. The number of methoxy groups -OCH3 is 1. The number of benzene rings is 1. The average Bonchev–Trinajstić information content (AvgIpc) is 2.15. The number of carbonyl (C=O) groups excluding carboxylic acids is 1. The van der Waals surface area contributed by atoms with Crippen LogP contribution < -0.4 is 4.74 Å². The summed E-state index contributed by atoms with van der Waals surface area (Å²) >= 11 is 0. The topological polar surface area (TPSA) is 35.5 Å². The Kier molecular flexibility index (Phi) is 3.65. The van der Waals surface area contributed by atoms with Gasteiger partial charge in [-0.3, -0.25) is 4.79 Å². The molecule has 1 aromatic rings. The fourth-order valence-corrected chi connectivity index (χ4v) is 1.17. The van der Waals surface area contributed by atoms with Gasteiger partial charge in [0.1, 0.15) is 5.75 Å². The van der Waals surface area contributed by atoms with Gasteiger partial charge < -0.3 is 9.47 Å². The van der Waals surface area contributed by atoms with Crippen LogP contribution in [0.5, 0.6) is 5.75 Å². The molecule has 0 saturated heterocycles. The minimum atomic E-state index is -0.000182. The number of hydrogen-bond donors (Lipinski definition) is 0. The predicted molar refractivity (Wildman–Crippen MR) is 53.7 cm³/mol. The number of aryl methyl sites for hydroxylation is 1. The van der Waals surface area contributed by atoms with Gasteiger partial charge in [-0.2, -0.15) is 0 Å². The minimum absolute atomic E-state index is 0.000182. The summed E-state index contributed by atoms with van der Waals surface area (Å²) in [5.41, 5.74) is 1.64. The second-order valence-corrected chi connectivity index (χ2v) is 3.11. The normalized spacial score (nSPS) is 9.93. The summed E-state index contributed by atoms with van der Waals surface area (Å²) in [7, 11) is 1.54. The van der Waals surface area contributed by atoms with E-state index >= 15 is 0 Å². The fraction of sp³-hybridized carbons (Fsp3) is 0.364. The van der Waals surface area contributed by atoms with E-state index in [2.05, 4.69) is 0 Å². The van der Waals surface area contributed by atoms with Gasteiger partial charge in [-0.05, 0) is 26.0 Å². The molecule has 0 aliphatic heterocycles. The van der Waals surface area contributed by atoms with Crippen molar-refractivity contribution >= 4 is 5.78 Å². The highest BCUT2D eigenvalue weighted by molar-refractivity contribution is 5.97. The first-order chi connectivity index (χ1) is 6.65. The van der Waals surface area contributed by atoms with E-state index in [-0.39, 0.29) is 12.6 Å². The van der Waals surface area contributed by atoms with Crippen molar-refractivity contribution in [3.8, 4) is 5.75 Å². The standard InChI is InChI=1S/C11H14O3/c1-8-4-5-11(14-7-13-3)10(6-8)9(2)12/h4-6H,7H2,1-3H3. The lowest BCUT2D eigenvalue weighted by molar-refractivity contribution is 0.0503. The zero-order valence-corrected chi connectivity index (χ0v) is 8.66. The Balaban J connectivity index is 2.96. The Labute approximate surface area is 83.6 Å². The smallest absolute Gasteiger partial charge is 0.188 e. The molecule has 3 heteroatoms. The van der Waals surface area contributed by atoms with E-state index in [1.165, 1.54) is 6.92 Å². The maximum Gasteiger partial charge on any atom is 0.188 e. The highest BCUT2D eigenvalue weighted by Gasteiger charge is 2.08. The number of hydrogen-bond acceptors (Lipinski definition) is 3. The van der Waals surface area contributed by atoms with E-state index in [1.54, 1.807) is 13.2 Å². The van der Waals surface area contributed by atoms with Crippen molar-refractivity contribution in [2.24, 2.45) is 0 Å². The Bertz CT molecular complexity index is 331. The highest BCUT2D eigenvalue weighted by Crippen LogP contribution is 2.20. The Morgan fingerprint density at radius 1 is 1.43 bits per heavy atom. The van der Waals surface area contributed by atoms with E-state index in [1.807, 2.05) is 19.1 Å². The van der Waals surface area contributed by atoms with Gasteiger partial charge in [-0.15, -0.1) is 0 Å². The van der Waals surface area contributed by atoms with Crippen molar-refractivity contribution in [1.29, 1.82) is 0 Å². The molecule has 0 aliphatic carbocycles. The van der Waals surface area contributed by atoms with Crippen LogP contribution in [0.15, 0.2) is 18.2 Å². The van der Waals surface area contributed by atoms with Gasteiger partial charge in [-0.1, -0.05) is 11.6 Å². The molecular weight excluding hydrogens is 180 g/mol. The molecule has 0 radical (unpaired) electrons. The second kappa shape index (κ2) is 4.77. The maximum atomic E-state index is 11.3. The number of ether oxygens (including phenoxy) is 2. The van der Waals surface area contributed by atoms with Gasteiger partial charge in [0.25, 0.3) is 0 Å². The summed E-state index contributed by atoms with van der Waals surface area (Å²) in [6.45, 7) is 3.62. The third-order valence-electron chi connectivity index (χ3n) is 1.85. The first-order valence-corrected chi connectivity index (χ1v) is 4.38. The fourth-order valence-electron chi connectivity index (χ4n) is 1.17. The lowest BCUT2D eigenvalue weighted by Crippen LogP contribution is -2.04. The summed E-state index contributed by atoms with van der Waals surface area (Å²) in [5.74, 6) is 0.574. The molecule has 1 aromatic carbocycles. The molecule has 1 rings (SSSR count). The Morgan fingerprint density at radius 2 is 2.14 bits per heavy atom. The van der Waals surface area contributed by atoms with Gasteiger partial charge >= 0.3 is 0 Å². The maximum absolute atomic E-state index is 11.3. The second-order valence-electron chi connectivity index (χ2n) is 3.11. The predicted octanol–water partition coefficient (Wildman–Crippen LogP) is 2.18. The molecule has 0 atom stereocenters. The van der Waals surface area contributed by atoms with E-state index < -0.39 is 0 Å². The van der Waals surface area contributed by atoms with Crippen LogP contribution in [0.4, 0.5) is 0 Å². The molecule has 0 amide bonds. The molecule has 0 aromatic heterocycles. The molecule has 76 valence electrons. The van der Waals surface area contributed by atoms with Crippen molar-refractivity contribution in [2.45, 2.75) is 13.8 Å². The van der Waals surface area contributed by atoms with Gasteiger partial charge in [0.15, 0.2) is 12.6 Å². The lowest BCUT2D eigenvalue weighted by atomic mass is 10.1. The molecule has 0 bridgehead atoms. The van der Waals surface area contributed by atoms with Gasteiger partial charge in [0.05, 0.1) is 5.56 Å². The summed E-state index contributed by atoms with van der Waals surface area (Å²) in [5, 5.41) is 0. The van der Waals surface area contributed by atoms with E-state index in [4.69, 9.17) is 9.47 Å². The van der Waals surface area contributed by atoms with Crippen LogP contribution in [0, 0.1) is 6.92 Å². The number of Topliss-reactive ketones (excluding diaryl/α,β-unsaturated/α-hetero) is 1. The zero-order chi connectivity index (χ0) is 10.6. The molecular formula is C11H14O3. The van der Waals surface area contributed by atoms with E-state index in [0.29, 0.717) is 11.3 Å². The summed E-state index contributed by atoms with van der Waals surface area (Å²) in [4.78, 5) is 11.3. The minimum Gasteiger partial charge on any atom is -0.467 e. The van der Waals surface area contributed by atoms with Crippen LogP contribution in [-0.2, 0) is 4.74 Å². The summed E-state index contributed by atoms with van der Waals surface area (Å²) < 4.78 is 10.0. The van der Waals surface area contributed by atoms with Crippen molar-refractivity contribution in [1.82, 2.24) is 0 Å². The molecule has 3 nitrogen and oxygen atoms in total. The monoisotopic (exact) mass is 194 g/mol. The van der Waals surface area contributed by atoms with Crippen molar-refractivity contribution in [3.05, 3.63) is 29.3 Å². The molecule has 0 spiro atoms. The molecule has 14 heavy (non-hydrogen) atoms. The summed E-state index contributed by atoms with van der Waals surface area (Å²) in [6.07, 6.45) is 0. The largest absolute Gasteiger partial charge is 0.467 e. The van der Waals surface area contributed by atoms with Crippen molar-refractivity contribution < 1.29 is 14.3 Å². The van der Waals surface area contributed by atoms with Gasteiger partial charge in [0, 0.05) is 7.11 Å². The lowest BCUT2D eigenvalue weighted by Gasteiger charge is -2.09. The number of rotatable bonds is 4. The third-order valence-corrected chi connectivity index (χ3v) is 1.85. The van der Waals surface area contributed by atoms with Crippen LogP contribution >= 0.6 is 0 Å². The third kappa shape index (κ3) is 2.57. The summed E-state index contributed by atoms with van der Waals surface area (Å²) in [6, 6.07) is 5.50. The SMILES string of the molecule is COCOc1ccc(C)cc1C(C)=O. The Hall–Kier alpha value is -1.35. The molecule has 0 unspecified atom stereocenters. The molecule has 0 saturated carbocycles. The number of ketones is 1. The number of carbonyl (C=O) groups is 1. The quantitative estimate of drug-likeness (QED) is 0.544. The first kappa shape index (κ1) is 10.7. The van der Waals surface area contributed by atoms with Crippen molar-refractivity contribution in [2.75, 3.05) is 13.9 Å². The molecule has 0 fully saturated rings. The van der Waals surface area contributed by atoms with Crippen LogP contribution in [0.25, 0.3) is 0 Å². The van der Waals surface area contributed by atoms with E-state index in [0.717, 1.165) is 5.56 Å². The molecule has 0 heterocycles. The van der Waals surface area contributed by atoms with Crippen LogP contribution in [0.2, 0.25) is 0 Å². The highest BCUT2D eigenvalue weighted by atomic mass is 16.7. The molecule has 0 N–H and O–H groups in total. The van der Waals surface area contributed by atoms with E-state index in [9.17, 15) is 4.79 Å². The zero-order valence-electron chi connectivity index (χ0n) is 8.66. The van der Waals surface area contributed by atoms with Gasteiger partial charge in [0.2, 0.25) is 0 Å². The van der Waals surface area contributed by atoms with Crippen LogP contribution in [0.1, 0.15) is 22.8 Å². The van der Waals surface area contributed by atoms with Crippen LogP contribution in [-0.4, -0.2) is 19.7 Å². The Morgan fingerprint density at radius 3 is 2.71 bits per heavy atom. The molecule has 0 aliphatic rings. The van der Waals surface area contributed by atoms with Crippen LogP contribution in [0.3, 0.4) is 0 Å². The van der Waals surface area contributed by atoms with Crippen molar-refractivity contribution in [3.63, 3.8) is 0 Å². The first-order valence-electron chi connectivity index (χ1n) is 4.38.